The average Bonchev–Trinajstić information content (AvgIpc) is 2.22. The molecule has 90 valence electrons. The Morgan fingerprint density at radius 2 is 2.12 bits per heavy atom. The van der Waals surface area contributed by atoms with Gasteiger partial charge in [-0.3, -0.25) is 0 Å². The van der Waals surface area contributed by atoms with E-state index in [1.54, 1.807) is 11.8 Å². The molecule has 0 aliphatic heterocycles. The summed E-state index contributed by atoms with van der Waals surface area (Å²) in [7, 11) is 0. The van der Waals surface area contributed by atoms with Crippen molar-refractivity contribution in [2.45, 2.75) is 25.7 Å². The van der Waals surface area contributed by atoms with E-state index in [0.29, 0.717) is 5.92 Å². The van der Waals surface area contributed by atoms with E-state index in [2.05, 4.69) is 26.8 Å². The molecular formula is C13H21NOS. The third-order valence-corrected chi connectivity index (χ3v) is 3.14. The molecule has 1 aromatic carbocycles. The lowest BCUT2D eigenvalue weighted by Gasteiger charge is -2.08. The van der Waals surface area contributed by atoms with E-state index in [-0.39, 0.29) is 0 Å². The topological polar surface area (TPSA) is 35.2 Å². The number of nitrogens with two attached hydrogens (primary N) is 1. The third-order valence-electron chi connectivity index (χ3n) is 2.11. The van der Waals surface area contributed by atoms with Crippen molar-refractivity contribution in [1.82, 2.24) is 0 Å². The normalized spacial score (nSPS) is 11.0. The Balaban J connectivity index is 2.29. The first-order valence-corrected chi connectivity index (χ1v) is 6.65. The van der Waals surface area contributed by atoms with Gasteiger partial charge in [-0.05, 0) is 30.5 Å². The summed E-state index contributed by atoms with van der Waals surface area (Å²) in [6.07, 6.45) is 0. The van der Waals surface area contributed by atoms with Gasteiger partial charge in [-0.25, -0.2) is 0 Å². The highest BCUT2D eigenvalue weighted by molar-refractivity contribution is 7.99. The monoisotopic (exact) mass is 239 g/mol. The van der Waals surface area contributed by atoms with Crippen molar-refractivity contribution in [2.24, 2.45) is 5.92 Å². The molecule has 1 aromatic rings. The lowest BCUT2D eigenvalue weighted by Crippen LogP contribution is -2.04. The first-order chi connectivity index (χ1) is 7.59. The van der Waals surface area contributed by atoms with Gasteiger partial charge in [-0.2, -0.15) is 0 Å². The number of aryl methyl sites for hydroxylation is 1. The van der Waals surface area contributed by atoms with E-state index in [1.165, 1.54) is 5.56 Å². The quantitative estimate of drug-likeness (QED) is 0.470. The molecule has 0 aromatic heterocycles. The second-order valence-corrected chi connectivity index (χ2v) is 5.50. The minimum atomic E-state index is 0.606. The molecule has 2 N–H and O–H groups in total. The summed E-state index contributed by atoms with van der Waals surface area (Å²) >= 11 is 1.76. The lowest BCUT2D eigenvalue weighted by molar-refractivity contribution is 0.124. The summed E-state index contributed by atoms with van der Waals surface area (Å²) in [4.78, 5) is 1.16. The summed E-state index contributed by atoms with van der Waals surface area (Å²) in [6.45, 7) is 8.02. The Morgan fingerprint density at radius 3 is 2.81 bits per heavy atom. The molecule has 0 amide bonds. The molecule has 0 heterocycles. The van der Waals surface area contributed by atoms with Crippen LogP contribution in [0.3, 0.4) is 0 Å². The number of anilines is 1. The van der Waals surface area contributed by atoms with Gasteiger partial charge in [0.25, 0.3) is 0 Å². The number of hydrogen-bond donors (Lipinski definition) is 1. The summed E-state index contributed by atoms with van der Waals surface area (Å²) in [5, 5.41) is 0. The van der Waals surface area contributed by atoms with E-state index in [4.69, 9.17) is 10.5 Å². The molecule has 0 unspecified atom stereocenters. The van der Waals surface area contributed by atoms with Crippen molar-refractivity contribution in [1.29, 1.82) is 0 Å². The minimum absolute atomic E-state index is 0.606. The van der Waals surface area contributed by atoms with Gasteiger partial charge in [-0.1, -0.05) is 19.9 Å². The molecule has 0 aliphatic carbocycles. The standard InChI is InChI=1S/C13H21NOS/c1-10(2)9-15-6-7-16-13-8-11(3)4-5-12(13)14/h4-5,8,10H,6-7,9,14H2,1-3H3. The van der Waals surface area contributed by atoms with Gasteiger partial charge in [-0.15, -0.1) is 11.8 Å². The molecule has 0 aliphatic rings. The number of thioether (sulfide) groups is 1. The van der Waals surface area contributed by atoms with Crippen LogP contribution in [0.4, 0.5) is 5.69 Å². The van der Waals surface area contributed by atoms with Gasteiger partial charge in [0, 0.05) is 22.9 Å². The molecule has 0 bridgehead atoms. The zero-order valence-corrected chi connectivity index (χ0v) is 11.1. The molecule has 3 heteroatoms. The first kappa shape index (κ1) is 13.4. The highest BCUT2D eigenvalue weighted by atomic mass is 32.2. The Hall–Kier alpha value is -0.670. The largest absolute Gasteiger partial charge is 0.398 e. The van der Waals surface area contributed by atoms with Crippen LogP contribution < -0.4 is 5.73 Å². The fraction of sp³-hybridized carbons (Fsp3) is 0.538. The van der Waals surface area contributed by atoms with Crippen LogP contribution in [-0.2, 0) is 4.74 Å². The number of benzene rings is 1. The fourth-order valence-corrected chi connectivity index (χ4v) is 2.22. The maximum Gasteiger partial charge on any atom is 0.0560 e. The minimum Gasteiger partial charge on any atom is -0.398 e. The van der Waals surface area contributed by atoms with Crippen molar-refractivity contribution in [3.63, 3.8) is 0 Å². The molecule has 0 radical (unpaired) electrons. The van der Waals surface area contributed by atoms with E-state index in [9.17, 15) is 0 Å². The van der Waals surface area contributed by atoms with E-state index < -0.39 is 0 Å². The fourth-order valence-electron chi connectivity index (χ4n) is 1.30. The molecule has 2 nitrogen and oxygen atoms in total. The Labute approximate surface area is 103 Å². The lowest BCUT2D eigenvalue weighted by atomic mass is 10.2. The predicted molar refractivity (Wildman–Crippen MR) is 72.0 cm³/mol. The van der Waals surface area contributed by atoms with Crippen molar-refractivity contribution >= 4 is 17.4 Å². The third kappa shape index (κ3) is 4.90. The van der Waals surface area contributed by atoms with E-state index in [0.717, 1.165) is 29.5 Å². The highest BCUT2D eigenvalue weighted by Crippen LogP contribution is 2.25. The summed E-state index contributed by atoms with van der Waals surface area (Å²) in [6, 6.07) is 6.13. The Bertz CT molecular complexity index is 326. The second kappa shape index (κ2) is 6.81. The summed E-state index contributed by atoms with van der Waals surface area (Å²) in [5.74, 6) is 1.56. The maximum absolute atomic E-state index is 5.89. The maximum atomic E-state index is 5.89. The Kier molecular flexibility index (Phi) is 5.71. The van der Waals surface area contributed by atoms with Crippen LogP contribution in [0.5, 0.6) is 0 Å². The molecule has 1 rings (SSSR count). The van der Waals surface area contributed by atoms with Gasteiger partial charge in [0.2, 0.25) is 0 Å². The molecule has 0 saturated carbocycles. The summed E-state index contributed by atoms with van der Waals surface area (Å²) < 4.78 is 5.53. The van der Waals surface area contributed by atoms with Crippen molar-refractivity contribution in [3.05, 3.63) is 23.8 Å². The van der Waals surface area contributed by atoms with Crippen molar-refractivity contribution < 1.29 is 4.74 Å². The highest BCUT2D eigenvalue weighted by Gasteiger charge is 2.00. The van der Waals surface area contributed by atoms with Crippen molar-refractivity contribution in [2.75, 3.05) is 24.7 Å². The van der Waals surface area contributed by atoms with Crippen LogP contribution in [-0.4, -0.2) is 19.0 Å². The second-order valence-electron chi connectivity index (χ2n) is 4.36. The van der Waals surface area contributed by atoms with Crippen LogP contribution in [0.2, 0.25) is 0 Å². The Morgan fingerprint density at radius 1 is 1.38 bits per heavy atom. The molecular weight excluding hydrogens is 218 g/mol. The average molecular weight is 239 g/mol. The molecule has 0 saturated heterocycles. The first-order valence-electron chi connectivity index (χ1n) is 5.66. The van der Waals surface area contributed by atoms with Gasteiger partial charge in [0.1, 0.15) is 0 Å². The SMILES string of the molecule is Cc1ccc(N)c(SCCOCC(C)C)c1. The van der Waals surface area contributed by atoms with Gasteiger partial charge in [0.05, 0.1) is 6.61 Å². The van der Waals surface area contributed by atoms with Gasteiger partial charge in [0.15, 0.2) is 0 Å². The predicted octanol–water partition coefficient (Wildman–Crippen LogP) is 3.34. The van der Waals surface area contributed by atoms with E-state index in [1.807, 2.05) is 12.1 Å². The number of nitrogen functional groups attached to an aromatic ring is 1. The number of rotatable bonds is 6. The van der Waals surface area contributed by atoms with Gasteiger partial charge >= 0.3 is 0 Å². The van der Waals surface area contributed by atoms with Gasteiger partial charge < -0.3 is 10.5 Å². The van der Waals surface area contributed by atoms with Crippen LogP contribution in [0.25, 0.3) is 0 Å². The molecule has 0 atom stereocenters. The van der Waals surface area contributed by atoms with Crippen LogP contribution in [0.1, 0.15) is 19.4 Å². The van der Waals surface area contributed by atoms with Crippen LogP contribution in [0.15, 0.2) is 23.1 Å². The smallest absolute Gasteiger partial charge is 0.0560 e. The summed E-state index contributed by atoms with van der Waals surface area (Å²) in [5.41, 5.74) is 8.00. The van der Waals surface area contributed by atoms with Crippen LogP contribution >= 0.6 is 11.8 Å². The van der Waals surface area contributed by atoms with Crippen molar-refractivity contribution in [3.8, 4) is 0 Å². The zero-order chi connectivity index (χ0) is 12.0. The molecule has 16 heavy (non-hydrogen) atoms. The number of hydrogen-bond acceptors (Lipinski definition) is 3. The van der Waals surface area contributed by atoms with Crippen LogP contribution in [0, 0.1) is 12.8 Å². The zero-order valence-electron chi connectivity index (χ0n) is 10.3. The van der Waals surface area contributed by atoms with E-state index >= 15 is 0 Å². The number of ether oxygens (including phenoxy) is 1. The molecule has 0 spiro atoms. The molecule has 0 fully saturated rings.